The minimum absolute atomic E-state index is 0.250. The molecule has 0 amide bonds. The summed E-state index contributed by atoms with van der Waals surface area (Å²) in [6.07, 6.45) is 2.13. The Morgan fingerprint density at radius 3 is 2.38 bits per heavy atom. The molecule has 0 aromatic heterocycles. The van der Waals surface area contributed by atoms with Gasteiger partial charge in [-0.1, -0.05) is 13.3 Å². The van der Waals surface area contributed by atoms with Crippen molar-refractivity contribution in [1.82, 2.24) is 4.90 Å². The molecule has 0 aromatic rings. The molecule has 0 heterocycles. The van der Waals surface area contributed by atoms with Crippen molar-refractivity contribution >= 4 is 11.9 Å². The van der Waals surface area contributed by atoms with Gasteiger partial charge in [0.05, 0.1) is 0 Å². The van der Waals surface area contributed by atoms with Crippen molar-refractivity contribution in [2.45, 2.75) is 19.8 Å². The van der Waals surface area contributed by atoms with Crippen LogP contribution in [0.15, 0.2) is 9.98 Å². The number of aliphatic imine (C=N–C) groups is 2. The lowest BCUT2D eigenvalue weighted by molar-refractivity contribution is 0.615. The lowest BCUT2D eigenvalue weighted by Crippen LogP contribution is -2.32. The van der Waals surface area contributed by atoms with Gasteiger partial charge in [-0.15, -0.1) is 0 Å². The van der Waals surface area contributed by atoms with E-state index in [1.165, 1.54) is 0 Å². The molecule has 0 saturated heterocycles. The standard InChI is InChI=1S/C8H19N5/c1-4-5-6-11-7(9)12-8(10)13(2)3/h4-6H2,1-3H3,(H4,9,10,11,12). The van der Waals surface area contributed by atoms with Crippen LogP contribution in [0.25, 0.3) is 0 Å². The van der Waals surface area contributed by atoms with Crippen molar-refractivity contribution in [2.75, 3.05) is 20.6 Å². The SMILES string of the molecule is CCCCN=C(N)N=C(N)N(C)C. The third kappa shape index (κ3) is 5.95. The van der Waals surface area contributed by atoms with Crippen LogP contribution in [0, 0.1) is 0 Å². The molecule has 0 aromatic carbocycles. The summed E-state index contributed by atoms with van der Waals surface area (Å²) in [4.78, 5) is 9.62. The molecule has 5 heteroatoms. The average molecular weight is 185 g/mol. The Kier molecular flexibility index (Phi) is 5.67. The Morgan fingerprint density at radius 2 is 1.92 bits per heavy atom. The third-order valence-electron chi connectivity index (χ3n) is 1.47. The Hall–Kier alpha value is -1.26. The summed E-state index contributed by atoms with van der Waals surface area (Å²) in [7, 11) is 3.61. The van der Waals surface area contributed by atoms with Crippen LogP contribution in [0.3, 0.4) is 0 Å². The summed E-state index contributed by atoms with van der Waals surface area (Å²) >= 11 is 0. The van der Waals surface area contributed by atoms with Crippen molar-refractivity contribution in [3.05, 3.63) is 0 Å². The molecule has 0 atom stereocenters. The van der Waals surface area contributed by atoms with E-state index in [9.17, 15) is 0 Å². The fourth-order valence-corrected chi connectivity index (χ4v) is 0.604. The largest absolute Gasteiger partial charge is 0.369 e. The van der Waals surface area contributed by atoms with Crippen LogP contribution in [0.2, 0.25) is 0 Å². The number of hydrogen-bond donors (Lipinski definition) is 2. The van der Waals surface area contributed by atoms with Crippen molar-refractivity contribution in [2.24, 2.45) is 21.5 Å². The first kappa shape index (κ1) is 11.7. The molecule has 5 nitrogen and oxygen atoms in total. The number of nitrogens with two attached hydrogens (primary N) is 2. The summed E-state index contributed by atoms with van der Waals surface area (Å²) in [5.41, 5.74) is 11.0. The normalized spacial score (nSPS) is 13.2. The van der Waals surface area contributed by atoms with E-state index < -0.39 is 0 Å². The quantitative estimate of drug-likeness (QED) is 0.368. The summed E-state index contributed by atoms with van der Waals surface area (Å²) in [5, 5.41) is 0. The van der Waals surface area contributed by atoms with Crippen LogP contribution >= 0.6 is 0 Å². The van der Waals surface area contributed by atoms with Gasteiger partial charge >= 0.3 is 0 Å². The Morgan fingerprint density at radius 1 is 1.31 bits per heavy atom. The third-order valence-corrected chi connectivity index (χ3v) is 1.47. The van der Waals surface area contributed by atoms with Crippen molar-refractivity contribution < 1.29 is 0 Å². The number of hydrogen-bond acceptors (Lipinski definition) is 1. The first-order chi connectivity index (χ1) is 6.07. The van der Waals surface area contributed by atoms with Gasteiger partial charge in [0, 0.05) is 20.6 Å². The van der Waals surface area contributed by atoms with Gasteiger partial charge in [0.15, 0.2) is 5.96 Å². The average Bonchev–Trinajstić information content (AvgIpc) is 2.04. The van der Waals surface area contributed by atoms with Gasteiger partial charge in [0.2, 0.25) is 5.96 Å². The van der Waals surface area contributed by atoms with Crippen LogP contribution in [0.5, 0.6) is 0 Å². The van der Waals surface area contributed by atoms with E-state index in [1.54, 1.807) is 19.0 Å². The van der Waals surface area contributed by atoms with Crippen molar-refractivity contribution in [1.29, 1.82) is 0 Å². The molecule has 0 spiro atoms. The maximum absolute atomic E-state index is 5.54. The van der Waals surface area contributed by atoms with Gasteiger partial charge in [-0.05, 0) is 6.42 Å². The minimum atomic E-state index is 0.250. The molecule has 4 N–H and O–H groups in total. The molecule has 0 unspecified atom stereocenters. The van der Waals surface area contributed by atoms with Gasteiger partial charge < -0.3 is 16.4 Å². The summed E-state index contributed by atoms with van der Waals surface area (Å²) in [6, 6.07) is 0. The van der Waals surface area contributed by atoms with Gasteiger partial charge in [-0.2, -0.15) is 4.99 Å². The number of nitrogens with zero attached hydrogens (tertiary/aromatic N) is 3. The van der Waals surface area contributed by atoms with E-state index in [2.05, 4.69) is 16.9 Å². The molecule has 76 valence electrons. The second-order valence-corrected chi connectivity index (χ2v) is 2.96. The molecule has 0 aliphatic carbocycles. The minimum Gasteiger partial charge on any atom is -0.369 e. The maximum atomic E-state index is 5.54. The van der Waals surface area contributed by atoms with E-state index in [0.717, 1.165) is 12.8 Å². The van der Waals surface area contributed by atoms with Crippen LogP contribution in [0.4, 0.5) is 0 Å². The maximum Gasteiger partial charge on any atom is 0.218 e. The predicted molar refractivity (Wildman–Crippen MR) is 56.7 cm³/mol. The highest BCUT2D eigenvalue weighted by molar-refractivity contribution is 5.92. The zero-order valence-corrected chi connectivity index (χ0v) is 8.62. The van der Waals surface area contributed by atoms with Crippen LogP contribution in [0.1, 0.15) is 19.8 Å². The first-order valence-corrected chi connectivity index (χ1v) is 4.39. The van der Waals surface area contributed by atoms with E-state index in [-0.39, 0.29) is 5.96 Å². The second-order valence-electron chi connectivity index (χ2n) is 2.96. The van der Waals surface area contributed by atoms with E-state index in [0.29, 0.717) is 12.5 Å². The zero-order chi connectivity index (χ0) is 10.3. The molecule has 0 aliphatic heterocycles. The molecule has 0 fully saturated rings. The van der Waals surface area contributed by atoms with E-state index in [4.69, 9.17) is 11.5 Å². The smallest absolute Gasteiger partial charge is 0.218 e. The number of guanidine groups is 2. The molecular formula is C8H19N5. The van der Waals surface area contributed by atoms with Gasteiger partial charge in [0.25, 0.3) is 0 Å². The van der Waals surface area contributed by atoms with Crippen molar-refractivity contribution in [3.63, 3.8) is 0 Å². The highest BCUT2D eigenvalue weighted by Crippen LogP contribution is 1.87. The van der Waals surface area contributed by atoms with Crippen LogP contribution in [-0.2, 0) is 0 Å². The summed E-state index contributed by atoms with van der Waals surface area (Å²) in [6.45, 7) is 2.82. The predicted octanol–water partition coefficient (Wildman–Crippen LogP) is -0.0225. The molecule has 0 saturated carbocycles. The van der Waals surface area contributed by atoms with Crippen molar-refractivity contribution in [3.8, 4) is 0 Å². The molecule has 0 radical (unpaired) electrons. The molecular weight excluding hydrogens is 166 g/mol. The lowest BCUT2D eigenvalue weighted by atomic mass is 10.3. The highest BCUT2D eigenvalue weighted by atomic mass is 15.2. The molecule has 0 aliphatic rings. The summed E-state index contributed by atoms with van der Waals surface area (Å²) in [5.74, 6) is 0.623. The first-order valence-electron chi connectivity index (χ1n) is 4.39. The second kappa shape index (κ2) is 6.28. The highest BCUT2D eigenvalue weighted by Gasteiger charge is 1.94. The summed E-state index contributed by atoms with van der Waals surface area (Å²) < 4.78 is 0. The lowest BCUT2D eigenvalue weighted by Gasteiger charge is -2.09. The molecule has 0 bridgehead atoms. The van der Waals surface area contributed by atoms with Crippen LogP contribution in [-0.4, -0.2) is 37.5 Å². The van der Waals surface area contributed by atoms with Gasteiger partial charge in [-0.3, -0.25) is 4.99 Å². The number of unbranched alkanes of at least 4 members (excludes halogenated alkanes) is 1. The Labute approximate surface area is 79.5 Å². The van der Waals surface area contributed by atoms with E-state index in [1.807, 2.05) is 0 Å². The van der Waals surface area contributed by atoms with E-state index >= 15 is 0 Å². The van der Waals surface area contributed by atoms with Crippen LogP contribution < -0.4 is 11.5 Å². The number of rotatable bonds is 3. The fourth-order valence-electron chi connectivity index (χ4n) is 0.604. The molecule has 0 rings (SSSR count). The van der Waals surface area contributed by atoms with Gasteiger partial charge in [0.1, 0.15) is 0 Å². The van der Waals surface area contributed by atoms with Gasteiger partial charge in [-0.25, -0.2) is 0 Å². The Bertz CT molecular complexity index is 195. The molecule has 13 heavy (non-hydrogen) atoms. The fraction of sp³-hybridized carbons (Fsp3) is 0.750. The monoisotopic (exact) mass is 185 g/mol. The topological polar surface area (TPSA) is 80.0 Å². The Balaban J connectivity index is 4.03. The zero-order valence-electron chi connectivity index (χ0n) is 8.62.